The first kappa shape index (κ1) is 53.7. The van der Waals surface area contributed by atoms with Gasteiger partial charge in [0.2, 0.25) is 5.91 Å². The molecule has 0 aliphatic heterocycles. The fourth-order valence-electron chi connectivity index (χ4n) is 6.41. The van der Waals surface area contributed by atoms with E-state index in [9.17, 15) is 19.4 Å². The third kappa shape index (κ3) is 40.7. The number of phosphoric acid groups is 1. The highest BCUT2D eigenvalue weighted by Gasteiger charge is 2.23. The molecule has 3 atom stereocenters. The number of likely N-dealkylation sites (N-methyl/N-ethyl adjacent to an activating group) is 1. The summed E-state index contributed by atoms with van der Waals surface area (Å²) in [7, 11) is 1.23. The lowest BCUT2D eigenvalue weighted by atomic mass is 10.0. The largest absolute Gasteiger partial charge is 0.756 e. The fourth-order valence-corrected chi connectivity index (χ4v) is 7.13. The lowest BCUT2D eigenvalue weighted by Gasteiger charge is -2.29. The van der Waals surface area contributed by atoms with E-state index in [0.29, 0.717) is 17.4 Å². The number of allylic oxidation sites excluding steroid dienone is 5. The zero-order valence-electron chi connectivity index (χ0n) is 36.6. The van der Waals surface area contributed by atoms with Gasteiger partial charge in [-0.05, 0) is 51.4 Å². The number of hydrogen-bond acceptors (Lipinski definition) is 6. The van der Waals surface area contributed by atoms with E-state index >= 15 is 0 Å². The van der Waals surface area contributed by atoms with E-state index in [1.165, 1.54) is 141 Å². The second kappa shape index (κ2) is 38.2. The molecule has 8 nitrogen and oxygen atoms in total. The van der Waals surface area contributed by atoms with Gasteiger partial charge in [0.25, 0.3) is 7.82 Å². The minimum atomic E-state index is -4.60. The first-order chi connectivity index (χ1) is 26.5. The molecule has 1 amide bonds. The summed E-state index contributed by atoms with van der Waals surface area (Å²) in [5, 5.41) is 13.7. The van der Waals surface area contributed by atoms with E-state index in [4.69, 9.17) is 9.05 Å². The predicted octanol–water partition coefficient (Wildman–Crippen LogP) is 12.1. The van der Waals surface area contributed by atoms with Crippen molar-refractivity contribution in [1.29, 1.82) is 0 Å². The summed E-state index contributed by atoms with van der Waals surface area (Å²) in [5.41, 5.74) is 0. The van der Waals surface area contributed by atoms with Gasteiger partial charge in [0.1, 0.15) is 13.2 Å². The van der Waals surface area contributed by atoms with E-state index in [0.717, 1.165) is 32.1 Å². The number of quaternary nitrogens is 1. The van der Waals surface area contributed by atoms with Crippen molar-refractivity contribution >= 4 is 13.7 Å². The Morgan fingerprint density at radius 2 is 1.02 bits per heavy atom. The molecule has 0 spiro atoms. The van der Waals surface area contributed by atoms with Gasteiger partial charge in [0, 0.05) is 6.42 Å². The molecule has 0 aromatic heterocycles. The van der Waals surface area contributed by atoms with Crippen LogP contribution < -0.4 is 10.2 Å². The fraction of sp³-hybridized carbons (Fsp3) is 0.848. The number of rotatable bonds is 41. The van der Waals surface area contributed by atoms with Gasteiger partial charge in [-0.1, -0.05) is 179 Å². The quantitative estimate of drug-likeness (QED) is 0.0276. The Balaban J connectivity index is 4.30. The number of phosphoric ester groups is 1. The van der Waals surface area contributed by atoms with Gasteiger partial charge in [0.15, 0.2) is 0 Å². The molecule has 0 radical (unpaired) electrons. The standard InChI is InChI=1S/C46H89N2O6P/c1-6-8-10-12-14-16-17-18-19-20-21-22-23-24-25-26-27-28-29-30-32-33-35-37-39-45(49)44(43-54-55(51,52)53-42-41-48(3,4)5)47-46(50)40-38-36-34-31-15-13-11-9-7-2/h30-32,34,37,39,44-45,49H,6-29,33,35-36,38,40-43H2,1-5H3,(H-,47,50,51,52)/b32-30+,34-31-,39-37+. The highest BCUT2D eigenvalue weighted by atomic mass is 31.2. The summed E-state index contributed by atoms with van der Waals surface area (Å²) in [4.78, 5) is 25.1. The van der Waals surface area contributed by atoms with Gasteiger partial charge in [-0.15, -0.1) is 0 Å². The molecule has 0 saturated heterocycles. The first-order valence-corrected chi connectivity index (χ1v) is 24.3. The van der Waals surface area contributed by atoms with Crippen molar-refractivity contribution in [3.05, 3.63) is 36.5 Å². The molecule has 0 aromatic carbocycles. The zero-order chi connectivity index (χ0) is 40.7. The smallest absolute Gasteiger partial charge is 0.268 e. The zero-order valence-corrected chi connectivity index (χ0v) is 37.5. The van der Waals surface area contributed by atoms with Gasteiger partial charge in [-0.3, -0.25) is 9.36 Å². The highest BCUT2D eigenvalue weighted by Crippen LogP contribution is 2.38. The molecule has 0 aromatic rings. The van der Waals surface area contributed by atoms with Crippen LogP contribution in [0.3, 0.4) is 0 Å². The van der Waals surface area contributed by atoms with Crippen molar-refractivity contribution in [1.82, 2.24) is 5.32 Å². The minimum absolute atomic E-state index is 0.0110. The average molecular weight is 797 g/mol. The van der Waals surface area contributed by atoms with E-state index in [-0.39, 0.29) is 18.9 Å². The Bertz CT molecular complexity index is 995. The first-order valence-electron chi connectivity index (χ1n) is 22.9. The van der Waals surface area contributed by atoms with Crippen LogP contribution in [0.15, 0.2) is 36.5 Å². The van der Waals surface area contributed by atoms with Crippen molar-refractivity contribution in [2.24, 2.45) is 0 Å². The van der Waals surface area contributed by atoms with Crippen molar-refractivity contribution in [3.8, 4) is 0 Å². The number of nitrogens with one attached hydrogen (secondary N) is 1. The van der Waals surface area contributed by atoms with Crippen LogP contribution in [0.5, 0.6) is 0 Å². The van der Waals surface area contributed by atoms with E-state index in [1.54, 1.807) is 6.08 Å². The number of aliphatic hydroxyl groups is 1. The number of nitrogens with zero attached hydrogens (tertiary/aromatic N) is 1. The number of aliphatic hydroxyl groups excluding tert-OH is 1. The lowest BCUT2D eigenvalue weighted by molar-refractivity contribution is -0.870. The molecule has 9 heteroatoms. The third-order valence-corrected chi connectivity index (χ3v) is 11.0. The van der Waals surface area contributed by atoms with Gasteiger partial charge in [-0.25, -0.2) is 0 Å². The second-order valence-electron chi connectivity index (χ2n) is 16.7. The van der Waals surface area contributed by atoms with E-state index in [1.807, 2.05) is 27.2 Å². The molecule has 0 saturated carbocycles. The maximum Gasteiger partial charge on any atom is 0.268 e. The Labute approximate surface area is 340 Å². The molecule has 0 aliphatic carbocycles. The number of hydrogen-bond donors (Lipinski definition) is 2. The molecule has 0 bridgehead atoms. The van der Waals surface area contributed by atoms with Crippen LogP contribution in [0.2, 0.25) is 0 Å². The molecule has 0 rings (SSSR count). The maximum absolute atomic E-state index is 12.7. The van der Waals surface area contributed by atoms with Crippen LogP contribution in [0.4, 0.5) is 0 Å². The van der Waals surface area contributed by atoms with Gasteiger partial charge in [-0.2, -0.15) is 0 Å². The normalized spacial score (nSPS) is 14.7. The summed E-state index contributed by atoms with van der Waals surface area (Å²) in [5.74, 6) is -0.244. The van der Waals surface area contributed by atoms with Crippen LogP contribution in [0.1, 0.15) is 200 Å². The SMILES string of the molecule is CCCCCC/C=C\CCCC(=O)NC(COP(=O)([O-])OCC[N+](C)(C)C)C(O)/C=C/CC/C=C/CCCCCCCCCCCCCCCCCCCC. The van der Waals surface area contributed by atoms with E-state index in [2.05, 4.69) is 43.5 Å². The summed E-state index contributed by atoms with van der Waals surface area (Å²) in [6.45, 7) is 4.56. The molecular formula is C46H89N2O6P. The van der Waals surface area contributed by atoms with Gasteiger partial charge < -0.3 is 28.8 Å². The predicted molar refractivity (Wildman–Crippen MR) is 233 cm³/mol. The van der Waals surface area contributed by atoms with Crippen LogP contribution in [-0.2, 0) is 18.4 Å². The molecule has 0 aliphatic rings. The second-order valence-corrected chi connectivity index (χ2v) is 18.2. The number of amides is 1. The van der Waals surface area contributed by atoms with Crippen LogP contribution in [0, 0.1) is 0 Å². The van der Waals surface area contributed by atoms with Gasteiger partial charge in [0.05, 0.1) is 39.9 Å². The maximum atomic E-state index is 12.7. The lowest BCUT2D eigenvalue weighted by Crippen LogP contribution is -2.45. The molecule has 0 heterocycles. The monoisotopic (exact) mass is 797 g/mol. The van der Waals surface area contributed by atoms with Crippen LogP contribution in [0.25, 0.3) is 0 Å². The molecule has 324 valence electrons. The third-order valence-electron chi connectivity index (χ3n) is 10.1. The number of carbonyl (C=O) groups excluding carboxylic acids is 1. The topological polar surface area (TPSA) is 108 Å². The molecule has 55 heavy (non-hydrogen) atoms. The molecular weight excluding hydrogens is 707 g/mol. The van der Waals surface area contributed by atoms with Crippen molar-refractivity contribution in [2.45, 2.75) is 212 Å². The summed E-state index contributed by atoms with van der Waals surface area (Å²) in [6.07, 6.45) is 46.6. The Hall–Kier alpha value is -1.28. The minimum Gasteiger partial charge on any atom is -0.756 e. The summed E-state index contributed by atoms with van der Waals surface area (Å²) in [6, 6.07) is -0.915. The number of unbranched alkanes of at least 4 members (excludes halogenated alkanes) is 24. The molecule has 0 fully saturated rings. The van der Waals surface area contributed by atoms with Crippen molar-refractivity contribution in [3.63, 3.8) is 0 Å². The Morgan fingerprint density at radius 1 is 0.618 bits per heavy atom. The summed E-state index contributed by atoms with van der Waals surface area (Å²) >= 11 is 0. The van der Waals surface area contributed by atoms with Crippen molar-refractivity contribution in [2.75, 3.05) is 40.9 Å². The average Bonchev–Trinajstić information content (AvgIpc) is 3.13. The Morgan fingerprint density at radius 3 is 1.49 bits per heavy atom. The highest BCUT2D eigenvalue weighted by molar-refractivity contribution is 7.45. The van der Waals surface area contributed by atoms with E-state index < -0.39 is 26.6 Å². The molecule has 2 N–H and O–H groups in total. The van der Waals surface area contributed by atoms with Crippen LogP contribution in [-0.4, -0.2) is 68.5 Å². The van der Waals surface area contributed by atoms with Crippen molar-refractivity contribution < 1.29 is 32.9 Å². The number of carbonyl (C=O) groups is 1. The summed E-state index contributed by atoms with van der Waals surface area (Å²) < 4.78 is 23.1. The Kier molecular flexibility index (Phi) is 37.4. The van der Waals surface area contributed by atoms with Gasteiger partial charge >= 0.3 is 0 Å². The molecule has 3 unspecified atom stereocenters. The van der Waals surface area contributed by atoms with Crippen LogP contribution >= 0.6 is 7.82 Å².